The first-order chi connectivity index (χ1) is 13.7. The molecule has 29 heavy (non-hydrogen) atoms. The van der Waals surface area contributed by atoms with Gasteiger partial charge in [0.25, 0.3) is 5.91 Å². The van der Waals surface area contributed by atoms with Crippen LogP contribution >= 0.6 is 0 Å². The molecule has 2 aromatic rings. The predicted molar refractivity (Wildman–Crippen MR) is 113 cm³/mol. The highest BCUT2D eigenvalue weighted by Gasteiger charge is 2.18. The predicted octanol–water partition coefficient (Wildman–Crippen LogP) is 4.09. The van der Waals surface area contributed by atoms with Gasteiger partial charge in [-0.3, -0.25) is 4.79 Å². The van der Waals surface area contributed by atoms with Crippen LogP contribution < -0.4 is 24.3 Å². The van der Waals surface area contributed by atoms with E-state index in [-0.39, 0.29) is 11.3 Å². The van der Waals surface area contributed by atoms with E-state index in [0.29, 0.717) is 29.5 Å². The summed E-state index contributed by atoms with van der Waals surface area (Å²) in [5.74, 6) is 2.06. The quantitative estimate of drug-likeness (QED) is 0.722. The number of carbonyl (C=O) groups is 1. The highest BCUT2D eigenvalue weighted by Crippen LogP contribution is 2.38. The van der Waals surface area contributed by atoms with E-state index in [1.165, 1.54) is 0 Å². The van der Waals surface area contributed by atoms with Crippen molar-refractivity contribution in [3.8, 4) is 23.0 Å². The number of hydrogen-bond donors (Lipinski definition) is 1. The van der Waals surface area contributed by atoms with E-state index in [1.807, 2.05) is 18.2 Å². The van der Waals surface area contributed by atoms with Gasteiger partial charge in [0.2, 0.25) is 5.75 Å². The topological polar surface area (TPSA) is 66.0 Å². The van der Waals surface area contributed by atoms with Crippen molar-refractivity contribution in [2.24, 2.45) is 0 Å². The number of ether oxygens (including phenoxy) is 4. The second-order valence-electron chi connectivity index (χ2n) is 7.79. The fourth-order valence-electron chi connectivity index (χ4n) is 2.86. The Morgan fingerprint density at radius 3 is 2.14 bits per heavy atom. The van der Waals surface area contributed by atoms with Crippen LogP contribution in [0.2, 0.25) is 0 Å². The molecule has 0 spiro atoms. The van der Waals surface area contributed by atoms with E-state index < -0.39 is 6.10 Å². The second kappa shape index (κ2) is 9.54. The molecule has 1 atom stereocenters. The highest BCUT2D eigenvalue weighted by molar-refractivity contribution is 5.80. The smallest absolute Gasteiger partial charge is 0.261 e. The number of benzene rings is 2. The Morgan fingerprint density at radius 1 is 1.00 bits per heavy atom. The van der Waals surface area contributed by atoms with Gasteiger partial charge in [-0.2, -0.15) is 0 Å². The van der Waals surface area contributed by atoms with Crippen LogP contribution in [0.5, 0.6) is 23.0 Å². The van der Waals surface area contributed by atoms with Crippen LogP contribution in [0.25, 0.3) is 0 Å². The van der Waals surface area contributed by atoms with E-state index in [4.69, 9.17) is 18.9 Å². The van der Waals surface area contributed by atoms with Gasteiger partial charge in [-0.05, 0) is 47.7 Å². The van der Waals surface area contributed by atoms with Gasteiger partial charge in [-0.25, -0.2) is 0 Å². The number of carbonyl (C=O) groups excluding carboxylic acids is 1. The minimum atomic E-state index is -0.632. The Bertz CT molecular complexity index is 816. The molecule has 6 heteroatoms. The molecule has 0 saturated carbocycles. The normalized spacial score (nSPS) is 12.1. The van der Waals surface area contributed by atoms with Crippen LogP contribution in [0.4, 0.5) is 0 Å². The Labute approximate surface area is 173 Å². The molecule has 0 bridgehead atoms. The van der Waals surface area contributed by atoms with Gasteiger partial charge in [0, 0.05) is 6.54 Å². The minimum absolute atomic E-state index is 0.0113. The standard InChI is InChI=1S/C23H31NO5/c1-15(29-18-10-8-9-17(13-18)23(2,3)4)22(25)24-14-16-11-19(26-5)21(28-7)20(12-16)27-6/h8-13,15H,14H2,1-7H3,(H,24,25)/t15-/m0/s1. The van der Waals surface area contributed by atoms with Gasteiger partial charge in [0.05, 0.1) is 21.3 Å². The van der Waals surface area contributed by atoms with E-state index >= 15 is 0 Å². The maximum atomic E-state index is 12.5. The van der Waals surface area contributed by atoms with E-state index in [9.17, 15) is 4.79 Å². The number of methoxy groups -OCH3 is 3. The van der Waals surface area contributed by atoms with Crippen LogP contribution in [-0.4, -0.2) is 33.3 Å². The van der Waals surface area contributed by atoms with Crippen LogP contribution in [0, 0.1) is 0 Å². The summed E-state index contributed by atoms with van der Waals surface area (Å²) in [5, 5.41) is 2.89. The van der Waals surface area contributed by atoms with Crippen LogP contribution in [-0.2, 0) is 16.8 Å². The molecule has 6 nitrogen and oxygen atoms in total. The Balaban J connectivity index is 2.04. The summed E-state index contributed by atoms with van der Waals surface area (Å²) in [6.07, 6.45) is -0.632. The van der Waals surface area contributed by atoms with Gasteiger partial charge >= 0.3 is 0 Å². The van der Waals surface area contributed by atoms with Gasteiger partial charge in [0.15, 0.2) is 17.6 Å². The lowest BCUT2D eigenvalue weighted by molar-refractivity contribution is -0.127. The summed E-state index contributed by atoms with van der Waals surface area (Å²) in [5.41, 5.74) is 1.99. The maximum absolute atomic E-state index is 12.5. The molecule has 0 unspecified atom stereocenters. The second-order valence-corrected chi connectivity index (χ2v) is 7.79. The van der Waals surface area contributed by atoms with Crippen molar-refractivity contribution in [3.05, 3.63) is 47.5 Å². The first-order valence-corrected chi connectivity index (χ1v) is 9.53. The molecule has 0 aliphatic carbocycles. The maximum Gasteiger partial charge on any atom is 0.261 e. The lowest BCUT2D eigenvalue weighted by Gasteiger charge is -2.21. The number of nitrogens with one attached hydrogen (secondary N) is 1. The van der Waals surface area contributed by atoms with Crippen molar-refractivity contribution in [3.63, 3.8) is 0 Å². The Morgan fingerprint density at radius 2 is 1.62 bits per heavy atom. The van der Waals surface area contributed by atoms with Gasteiger partial charge in [-0.15, -0.1) is 0 Å². The van der Waals surface area contributed by atoms with Crippen molar-refractivity contribution in [2.45, 2.75) is 45.8 Å². The zero-order chi connectivity index (χ0) is 21.6. The molecule has 158 valence electrons. The molecular formula is C23H31NO5. The van der Waals surface area contributed by atoms with Gasteiger partial charge in [0.1, 0.15) is 5.75 Å². The zero-order valence-corrected chi connectivity index (χ0v) is 18.3. The summed E-state index contributed by atoms with van der Waals surface area (Å²) in [6, 6.07) is 11.4. The van der Waals surface area contributed by atoms with Crippen molar-refractivity contribution >= 4 is 5.91 Å². The third-order valence-corrected chi connectivity index (χ3v) is 4.57. The molecule has 0 aliphatic rings. The largest absolute Gasteiger partial charge is 0.493 e. The molecule has 0 radical (unpaired) electrons. The van der Waals surface area contributed by atoms with Crippen molar-refractivity contribution in [1.29, 1.82) is 0 Å². The summed E-state index contributed by atoms with van der Waals surface area (Å²) in [6.45, 7) is 8.46. The van der Waals surface area contributed by atoms with Crippen molar-refractivity contribution in [1.82, 2.24) is 5.32 Å². The summed E-state index contributed by atoms with van der Waals surface area (Å²) in [7, 11) is 4.66. The molecule has 0 aliphatic heterocycles. The van der Waals surface area contributed by atoms with Crippen molar-refractivity contribution in [2.75, 3.05) is 21.3 Å². The van der Waals surface area contributed by atoms with Crippen molar-refractivity contribution < 1.29 is 23.7 Å². The minimum Gasteiger partial charge on any atom is -0.493 e. The molecule has 2 rings (SSSR count). The Kier molecular flexibility index (Phi) is 7.37. The molecule has 0 saturated heterocycles. The van der Waals surface area contributed by atoms with Crippen LogP contribution in [0.1, 0.15) is 38.8 Å². The van der Waals surface area contributed by atoms with Crippen LogP contribution in [0.3, 0.4) is 0 Å². The monoisotopic (exact) mass is 401 g/mol. The summed E-state index contributed by atoms with van der Waals surface area (Å²) >= 11 is 0. The zero-order valence-electron chi connectivity index (χ0n) is 18.3. The molecule has 0 heterocycles. The molecule has 0 aromatic heterocycles. The SMILES string of the molecule is COc1cc(CNC(=O)[C@H](C)Oc2cccc(C(C)(C)C)c2)cc(OC)c1OC. The first-order valence-electron chi connectivity index (χ1n) is 9.53. The third-order valence-electron chi connectivity index (χ3n) is 4.57. The fraction of sp³-hybridized carbons (Fsp3) is 0.435. The van der Waals surface area contributed by atoms with Gasteiger partial charge in [-0.1, -0.05) is 32.9 Å². The average Bonchev–Trinajstić information content (AvgIpc) is 2.70. The van der Waals surface area contributed by atoms with E-state index in [2.05, 4.69) is 32.2 Å². The third kappa shape index (κ3) is 5.79. The summed E-state index contributed by atoms with van der Waals surface area (Å²) < 4.78 is 21.9. The van der Waals surface area contributed by atoms with E-state index in [0.717, 1.165) is 11.1 Å². The number of hydrogen-bond acceptors (Lipinski definition) is 5. The number of rotatable bonds is 8. The van der Waals surface area contributed by atoms with Gasteiger partial charge < -0.3 is 24.3 Å². The van der Waals surface area contributed by atoms with E-state index in [1.54, 1.807) is 40.4 Å². The fourth-order valence-corrected chi connectivity index (χ4v) is 2.86. The highest BCUT2D eigenvalue weighted by atomic mass is 16.5. The number of amides is 1. The average molecular weight is 402 g/mol. The molecular weight excluding hydrogens is 370 g/mol. The lowest BCUT2D eigenvalue weighted by atomic mass is 9.87. The Hall–Kier alpha value is -2.89. The molecule has 1 N–H and O–H groups in total. The van der Waals surface area contributed by atoms with Crippen LogP contribution in [0.15, 0.2) is 36.4 Å². The first kappa shape index (κ1) is 22.4. The summed E-state index contributed by atoms with van der Waals surface area (Å²) in [4.78, 5) is 12.5. The molecule has 1 amide bonds. The molecule has 0 fully saturated rings. The lowest BCUT2D eigenvalue weighted by Crippen LogP contribution is -2.36. The molecule has 2 aromatic carbocycles.